The molecular formula is C28H45FN5O10P. The number of carbonyl (C=O) groups is 2. The number of alkyl halides is 1. The van der Waals surface area contributed by atoms with Crippen molar-refractivity contribution in [1.29, 1.82) is 0 Å². The topological polar surface area (TPSA) is 213 Å². The molecule has 2 heterocycles. The SMILES string of the molecule is CC(NP(=O)(NC(C)C(=O)OC1CCCCC1)OC[C@@]1(CN)OC(n2ccc(=O)[nH]c2=O)[C@H](F)[C@@H]1O)C(=O)OC1CCCCC1. The Morgan fingerprint density at radius 3 is 2.04 bits per heavy atom. The fourth-order valence-corrected chi connectivity index (χ4v) is 7.69. The summed E-state index contributed by atoms with van der Waals surface area (Å²) < 4.78 is 53.0. The lowest BCUT2D eigenvalue weighted by atomic mass is 9.97. The van der Waals surface area contributed by atoms with Gasteiger partial charge in [-0.3, -0.25) is 28.5 Å². The number of nitrogens with one attached hydrogen (secondary N) is 3. The zero-order valence-electron chi connectivity index (χ0n) is 25.7. The molecule has 2 aliphatic carbocycles. The number of ether oxygens (including phenoxy) is 3. The summed E-state index contributed by atoms with van der Waals surface area (Å²) in [6.45, 7) is 1.51. The molecule has 45 heavy (non-hydrogen) atoms. The molecule has 2 saturated carbocycles. The normalized spacial score (nSPS) is 29.0. The molecule has 0 aromatic carbocycles. The number of hydrogen-bond donors (Lipinski definition) is 5. The van der Waals surface area contributed by atoms with E-state index < -0.39 is 80.2 Å². The van der Waals surface area contributed by atoms with E-state index in [1.165, 1.54) is 13.8 Å². The van der Waals surface area contributed by atoms with E-state index in [-0.39, 0.29) is 12.2 Å². The summed E-state index contributed by atoms with van der Waals surface area (Å²) in [7, 11) is -4.40. The lowest BCUT2D eigenvalue weighted by molar-refractivity contribution is -0.152. The molecule has 3 unspecified atom stereocenters. The first-order valence-electron chi connectivity index (χ1n) is 15.6. The number of nitrogens with two attached hydrogens (primary N) is 1. The highest BCUT2D eigenvalue weighted by Crippen LogP contribution is 2.45. The van der Waals surface area contributed by atoms with Crippen molar-refractivity contribution in [2.75, 3.05) is 13.2 Å². The van der Waals surface area contributed by atoms with Gasteiger partial charge in [0.15, 0.2) is 12.4 Å². The molecule has 0 radical (unpaired) electrons. The largest absolute Gasteiger partial charge is 0.461 e. The van der Waals surface area contributed by atoms with Gasteiger partial charge in [0.2, 0.25) is 0 Å². The number of nitrogens with zero attached hydrogens (tertiary/aromatic N) is 1. The Balaban J connectivity index is 1.51. The van der Waals surface area contributed by atoms with Crippen LogP contribution in [0.5, 0.6) is 0 Å². The van der Waals surface area contributed by atoms with Gasteiger partial charge in [-0.1, -0.05) is 12.8 Å². The van der Waals surface area contributed by atoms with Crippen molar-refractivity contribution < 1.29 is 42.4 Å². The van der Waals surface area contributed by atoms with Crippen LogP contribution in [-0.2, 0) is 32.9 Å². The smallest absolute Gasteiger partial charge is 0.342 e. The number of aliphatic hydroxyl groups excluding tert-OH is 1. The summed E-state index contributed by atoms with van der Waals surface area (Å²) in [4.78, 5) is 51.6. The van der Waals surface area contributed by atoms with Crippen LogP contribution in [0.25, 0.3) is 0 Å². The van der Waals surface area contributed by atoms with Gasteiger partial charge in [-0.25, -0.2) is 19.4 Å². The Labute approximate surface area is 260 Å². The third-order valence-corrected chi connectivity index (χ3v) is 10.5. The molecule has 0 amide bonds. The van der Waals surface area contributed by atoms with Gasteiger partial charge in [0.05, 0.1) is 6.61 Å². The van der Waals surface area contributed by atoms with Crippen LogP contribution in [0.15, 0.2) is 21.9 Å². The second-order valence-electron chi connectivity index (χ2n) is 12.1. The number of aliphatic hydroxyl groups is 1. The van der Waals surface area contributed by atoms with Crippen LogP contribution in [0, 0.1) is 0 Å². The van der Waals surface area contributed by atoms with Crippen molar-refractivity contribution in [2.45, 2.75) is 126 Å². The second-order valence-corrected chi connectivity index (χ2v) is 14.0. The van der Waals surface area contributed by atoms with E-state index in [4.69, 9.17) is 24.5 Å². The van der Waals surface area contributed by atoms with Gasteiger partial charge in [0, 0.05) is 18.8 Å². The van der Waals surface area contributed by atoms with Crippen LogP contribution < -0.4 is 27.2 Å². The Morgan fingerprint density at radius 2 is 1.58 bits per heavy atom. The molecule has 6 atom stereocenters. The van der Waals surface area contributed by atoms with Crippen molar-refractivity contribution >= 4 is 19.6 Å². The number of halogens is 1. The van der Waals surface area contributed by atoms with E-state index in [0.29, 0.717) is 25.7 Å². The van der Waals surface area contributed by atoms with Crippen molar-refractivity contribution in [3.8, 4) is 0 Å². The lowest BCUT2D eigenvalue weighted by Gasteiger charge is -2.33. The number of H-pyrrole nitrogens is 1. The van der Waals surface area contributed by atoms with Gasteiger partial charge in [0.1, 0.15) is 36.0 Å². The molecule has 3 fully saturated rings. The highest BCUT2D eigenvalue weighted by atomic mass is 31.2. The third-order valence-electron chi connectivity index (χ3n) is 8.53. The summed E-state index contributed by atoms with van der Waals surface area (Å²) in [6, 6.07) is -1.36. The standard InChI is InChI=1S/C28H45FN5O10P/c1-17(25(37)42-19-9-5-3-6-10-19)32-45(40,33-18(2)26(38)43-20-11-7-4-8-12-20)41-16-28(15-30)23(36)22(29)24(44-28)34-14-13-21(35)31-27(34)39/h13-14,17-20,22-24,36H,3-12,15-16,30H2,1-2H3,(H,31,35,39)(H2,32,33,40)/t17?,18?,22-,23+,24?,28-,45?/m1/s1. The summed E-state index contributed by atoms with van der Waals surface area (Å²) in [5.74, 6) is -1.37. The minimum Gasteiger partial charge on any atom is -0.461 e. The highest BCUT2D eigenvalue weighted by Gasteiger charge is 2.56. The van der Waals surface area contributed by atoms with E-state index in [1.54, 1.807) is 0 Å². The quantitative estimate of drug-likeness (QED) is 0.149. The first kappa shape index (κ1) is 35.4. The molecule has 0 spiro atoms. The Morgan fingerprint density at radius 1 is 1.07 bits per heavy atom. The fourth-order valence-electron chi connectivity index (χ4n) is 5.83. The Bertz CT molecular complexity index is 1290. The minimum absolute atomic E-state index is 0.273. The van der Waals surface area contributed by atoms with E-state index in [1.807, 2.05) is 4.98 Å². The number of carbonyl (C=O) groups excluding carboxylic acids is 2. The summed E-state index contributed by atoms with van der Waals surface area (Å²) in [5, 5.41) is 16.1. The number of hydrogen-bond acceptors (Lipinski definition) is 11. The van der Waals surface area contributed by atoms with Crippen LogP contribution in [-0.4, -0.2) is 81.9 Å². The predicted octanol–water partition coefficient (Wildman–Crippen LogP) is 1.29. The van der Waals surface area contributed by atoms with Crippen LogP contribution in [0.3, 0.4) is 0 Å². The third kappa shape index (κ3) is 8.88. The predicted molar refractivity (Wildman–Crippen MR) is 159 cm³/mol. The first-order chi connectivity index (χ1) is 21.4. The van der Waals surface area contributed by atoms with E-state index in [2.05, 4.69) is 10.2 Å². The average Bonchev–Trinajstić information content (AvgIpc) is 3.26. The maximum Gasteiger partial charge on any atom is 0.342 e. The first-order valence-corrected chi connectivity index (χ1v) is 17.2. The van der Waals surface area contributed by atoms with Crippen molar-refractivity contribution in [3.63, 3.8) is 0 Å². The summed E-state index contributed by atoms with van der Waals surface area (Å²) in [5.41, 5.74) is 2.18. The molecule has 1 saturated heterocycles. The molecule has 1 aliphatic heterocycles. The molecule has 4 rings (SSSR count). The number of esters is 2. The minimum atomic E-state index is -4.40. The van der Waals surface area contributed by atoms with Gasteiger partial charge < -0.3 is 29.6 Å². The summed E-state index contributed by atoms with van der Waals surface area (Å²) in [6.07, 6.45) is 3.27. The van der Waals surface area contributed by atoms with Crippen LogP contribution >= 0.6 is 7.67 Å². The molecule has 1 aromatic heterocycles. The van der Waals surface area contributed by atoms with Crippen molar-refractivity contribution in [2.24, 2.45) is 5.73 Å². The lowest BCUT2D eigenvalue weighted by Crippen LogP contribution is -2.53. The van der Waals surface area contributed by atoms with Gasteiger partial charge in [-0.05, 0) is 65.2 Å². The fraction of sp³-hybridized carbons (Fsp3) is 0.786. The maximum absolute atomic E-state index is 15.4. The van der Waals surface area contributed by atoms with Gasteiger partial charge in [-0.2, -0.15) is 0 Å². The molecule has 17 heteroatoms. The molecule has 15 nitrogen and oxygen atoms in total. The Hall–Kier alpha value is -2.46. The second kappa shape index (κ2) is 15.4. The Kier molecular flexibility index (Phi) is 12.1. The zero-order valence-corrected chi connectivity index (χ0v) is 26.5. The van der Waals surface area contributed by atoms with Gasteiger partial charge in [-0.15, -0.1) is 0 Å². The molecule has 0 bridgehead atoms. The molecule has 3 aliphatic rings. The van der Waals surface area contributed by atoms with E-state index >= 15 is 4.39 Å². The molecule has 1 aromatic rings. The summed E-state index contributed by atoms with van der Waals surface area (Å²) >= 11 is 0. The van der Waals surface area contributed by atoms with Gasteiger partial charge in [0.25, 0.3) is 5.56 Å². The van der Waals surface area contributed by atoms with Crippen molar-refractivity contribution in [3.05, 3.63) is 33.1 Å². The van der Waals surface area contributed by atoms with Crippen LogP contribution in [0.4, 0.5) is 4.39 Å². The number of aromatic nitrogens is 2. The van der Waals surface area contributed by atoms with Crippen molar-refractivity contribution in [1.82, 2.24) is 19.7 Å². The maximum atomic E-state index is 15.4. The van der Waals surface area contributed by atoms with E-state index in [9.17, 15) is 28.8 Å². The van der Waals surface area contributed by atoms with Crippen LogP contribution in [0.2, 0.25) is 0 Å². The molecule has 6 N–H and O–H groups in total. The monoisotopic (exact) mass is 661 g/mol. The number of aromatic amines is 1. The van der Waals surface area contributed by atoms with Crippen LogP contribution in [0.1, 0.15) is 84.3 Å². The average molecular weight is 662 g/mol. The van der Waals surface area contributed by atoms with Gasteiger partial charge >= 0.3 is 25.3 Å². The molecule has 254 valence electrons. The molecular weight excluding hydrogens is 616 g/mol. The number of rotatable bonds is 13. The van der Waals surface area contributed by atoms with E-state index in [0.717, 1.165) is 55.4 Å². The zero-order chi connectivity index (χ0) is 32.8. The highest BCUT2D eigenvalue weighted by molar-refractivity contribution is 7.54.